The Labute approximate surface area is 155 Å². The second-order valence-corrected chi connectivity index (χ2v) is 7.27. The molecule has 3 rings (SSSR count). The van der Waals surface area contributed by atoms with Crippen molar-refractivity contribution in [3.05, 3.63) is 70.6 Å². The van der Waals surface area contributed by atoms with Gasteiger partial charge < -0.3 is 5.32 Å². The highest BCUT2D eigenvalue weighted by molar-refractivity contribution is 8.26. The molecular weight excluding hydrogens is 352 g/mol. The summed E-state index contributed by atoms with van der Waals surface area (Å²) in [7, 11) is 0. The predicted octanol–water partition coefficient (Wildman–Crippen LogP) is 3.83. The molecule has 1 N–H and O–H groups in total. The van der Waals surface area contributed by atoms with Crippen LogP contribution in [-0.2, 0) is 9.59 Å². The van der Waals surface area contributed by atoms with Crippen molar-refractivity contribution in [2.45, 2.75) is 6.92 Å². The minimum Gasteiger partial charge on any atom is -0.325 e. The fraction of sp³-hybridized carbons (Fsp3) is 0.105. The summed E-state index contributed by atoms with van der Waals surface area (Å²) >= 11 is 6.48. The number of benzene rings is 2. The van der Waals surface area contributed by atoms with E-state index in [1.54, 1.807) is 18.2 Å². The van der Waals surface area contributed by atoms with E-state index in [-0.39, 0.29) is 18.4 Å². The summed E-state index contributed by atoms with van der Waals surface area (Å²) in [6, 6.07) is 17.0. The van der Waals surface area contributed by atoms with Crippen molar-refractivity contribution in [3.8, 4) is 0 Å². The van der Waals surface area contributed by atoms with E-state index < -0.39 is 0 Å². The number of thioether (sulfide) groups is 1. The van der Waals surface area contributed by atoms with Gasteiger partial charge >= 0.3 is 0 Å². The zero-order valence-electron chi connectivity index (χ0n) is 13.6. The van der Waals surface area contributed by atoms with Crippen molar-refractivity contribution in [2.24, 2.45) is 0 Å². The van der Waals surface area contributed by atoms with Crippen molar-refractivity contribution in [1.29, 1.82) is 0 Å². The van der Waals surface area contributed by atoms with Crippen LogP contribution in [0.25, 0.3) is 6.08 Å². The lowest BCUT2D eigenvalue weighted by molar-refractivity contribution is -0.126. The maximum Gasteiger partial charge on any atom is 0.266 e. The molecule has 0 aliphatic carbocycles. The first-order valence-electron chi connectivity index (χ1n) is 7.70. The van der Waals surface area contributed by atoms with E-state index >= 15 is 0 Å². The number of amides is 2. The normalized spacial score (nSPS) is 15.7. The third kappa shape index (κ3) is 4.35. The average molecular weight is 368 g/mol. The van der Waals surface area contributed by atoms with Gasteiger partial charge in [0, 0.05) is 5.69 Å². The quantitative estimate of drug-likeness (QED) is 0.658. The van der Waals surface area contributed by atoms with Crippen LogP contribution in [0.5, 0.6) is 0 Å². The van der Waals surface area contributed by atoms with E-state index in [0.29, 0.717) is 14.9 Å². The van der Waals surface area contributed by atoms with Crippen LogP contribution in [0.2, 0.25) is 0 Å². The number of thiocarbonyl (C=S) groups is 1. The second kappa shape index (κ2) is 7.63. The molecule has 0 radical (unpaired) electrons. The van der Waals surface area contributed by atoms with Crippen LogP contribution in [-0.4, -0.2) is 27.6 Å². The lowest BCUT2D eigenvalue weighted by Gasteiger charge is -2.14. The van der Waals surface area contributed by atoms with E-state index in [9.17, 15) is 9.59 Å². The minimum atomic E-state index is -0.279. The largest absolute Gasteiger partial charge is 0.325 e. The topological polar surface area (TPSA) is 49.4 Å². The SMILES string of the molecule is Cc1ccc(/C=C2/SC(=S)N(CC(=O)Nc3ccccc3)C2=O)cc1. The standard InChI is InChI=1S/C19H16N2O2S2/c1-13-7-9-14(10-8-13)11-16-18(23)21(19(24)25-16)12-17(22)20-15-5-3-2-4-6-15/h2-11H,12H2,1H3,(H,20,22)/b16-11+. The Kier molecular flexibility index (Phi) is 5.31. The lowest BCUT2D eigenvalue weighted by atomic mass is 10.1. The predicted molar refractivity (Wildman–Crippen MR) is 106 cm³/mol. The Morgan fingerprint density at radius 2 is 1.84 bits per heavy atom. The number of aryl methyl sites for hydroxylation is 1. The number of hydrogen-bond donors (Lipinski definition) is 1. The van der Waals surface area contributed by atoms with Gasteiger partial charge in [-0.2, -0.15) is 0 Å². The fourth-order valence-electron chi connectivity index (χ4n) is 2.32. The van der Waals surface area contributed by atoms with Crippen LogP contribution in [0, 0.1) is 6.92 Å². The summed E-state index contributed by atoms with van der Waals surface area (Å²) < 4.78 is 0.395. The second-order valence-electron chi connectivity index (χ2n) is 5.59. The summed E-state index contributed by atoms with van der Waals surface area (Å²) in [6.07, 6.45) is 1.80. The molecule has 1 fully saturated rings. The van der Waals surface area contributed by atoms with Crippen molar-refractivity contribution in [1.82, 2.24) is 4.90 Å². The number of carbonyl (C=O) groups excluding carboxylic acids is 2. The average Bonchev–Trinajstić information content (AvgIpc) is 2.85. The Balaban J connectivity index is 1.69. The minimum absolute atomic E-state index is 0.0925. The van der Waals surface area contributed by atoms with Gasteiger partial charge in [0.1, 0.15) is 10.9 Å². The zero-order valence-corrected chi connectivity index (χ0v) is 15.2. The Morgan fingerprint density at radius 3 is 2.52 bits per heavy atom. The molecule has 0 saturated carbocycles. The Hall–Kier alpha value is -2.44. The number of para-hydroxylation sites is 1. The van der Waals surface area contributed by atoms with E-state index in [1.807, 2.05) is 49.4 Å². The molecule has 0 unspecified atom stereocenters. The first-order valence-corrected chi connectivity index (χ1v) is 8.92. The molecule has 0 atom stereocenters. The molecule has 4 nitrogen and oxygen atoms in total. The summed E-state index contributed by atoms with van der Waals surface area (Å²) in [4.78, 5) is 26.6. The smallest absolute Gasteiger partial charge is 0.266 e. The Bertz CT molecular complexity index is 845. The van der Waals surface area contributed by atoms with Crippen molar-refractivity contribution < 1.29 is 9.59 Å². The highest BCUT2D eigenvalue weighted by Gasteiger charge is 2.33. The molecule has 1 saturated heterocycles. The molecule has 126 valence electrons. The third-order valence-corrected chi connectivity index (χ3v) is 4.99. The zero-order chi connectivity index (χ0) is 17.8. The van der Waals surface area contributed by atoms with Gasteiger partial charge in [0.15, 0.2) is 0 Å². The highest BCUT2D eigenvalue weighted by atomic mass is 32.2. The van der Waals surface area contributed by atoms with E-state index in [2.05, 4.69) is 5.32 Å². The van der Waals surface area contributed by atoms with Gasteiger partial charge in [0.2, 0.25) is 5.91 Å². The lowest BCUT2D eigenvalue weighted by Crippen LogP contribution is -2.36. The van der Waals surface area contributed by atoms with Gasteiger partial charge in [0.25, 0.3) is 5.91 Å². The fourth-order valence-corrected chi connectivity index (χ4v) is 3.57. The summed E-state index contributed by atoms with van der Waals surface area (Å²) in [6.45, 7) is 1.92. The maximum atomic E-state index is 12.5. The van der Waals surface area contributed by atoms with Crippen LogP contribution in [0.15, 0.2) is 59.5 Å². The van der Waals surface area contributed by atoms with E-state index in [0.717, 1.165) is 11.1 Å². The molecule has 1 aliphatic heterocycles. The van der Waals surface area contributed by atoms with E-state index in [1.165, 1.54) is 16.7 Å². The number of rotatable bonds is 4. The first-order chi connectivity index (χ1) is 12.0. The van der Waals surface area contributed by atoms with Crippen molar-refractivity contribution >= 4 is 51.9 Å². The van der Waals surface area contributed by atoms with Gasteiger partial charge in [-0.15, -0.1) is 0 Å². The van der Waals surface area contributed by atoms with Crippen LogP contribution >= 0.6 is 24.0 Å². The van der Waals surface area contributed by atoms with E-state index in [4.69, 9.17) is 12.2 Å². The van der Waals surface area contributed by atoms with Gasteiger partial charge in [-0.3, -0.25) is 14.5 Å². The number of hydrogen-bond acceptors (Lipinski definition) is 4. The molecule has 25 heavy (non-hydrogen) atoms. The highest BCUT2D eigenvalue weighted by Crippen LogP contribution is 2.32. The van der Waals surface area contributed by atoms with Gasteiger partial charge in [-0.25, -0.2) is 0 Å². The molecule has 2 aromatic carbocycles. The number of carbonyl (C=O) groups is 2. The number of anilines is 1. The molecule has 1 heterocycles. The van der Waals surface area contributed by atoms with Crippen molar-refractivity contribution in [2.75, 3.05) is 11.9 Å². The van der Waals surface area contributed by atoms with Gasteiger partial charge in [-0.1, -0.05) is 72.0 Å². The van der Waals surface area contributed by atoms with Gasteiger partial charge in [-0.05, 0) is 30.7 Å². The summed E-state index contributed by atoms with van der Waals surface area (Å²) in [5, 5.41) is 2.76. The molecule has 0 bridgehead atoms. The number of nitrogens with zero attached hydrogens (tertiary/aromatic N) is 1. The van der Waals surface area contributed by atoms with Crippen LogP contribution in [0.1, 0.15) is 11.1 Å². The summed E-state index contributed by atoms with van der Waals surface area (Å²) in [5.74, 6) is -0.516. The molecule has 2 amide bonds. The molecule has 1 aliphatic rings. The van der Waals surface area contributed by atoms with Gasteiger partial charge in [0.05, 0.1) is 4.91 Å². The molecule has 0 spiro atoms. The van der Waals surface area contributed by atoms with Crippen LogP contribution < -0.4 is 5.32 Å². The molecule has 0 aromatic heterocycles. The Morgan fingerprint density at radius 1 is 1.16 bits per heavy atom. The molecular formula is C19H16N2O2S2. The van der Waals surface area contributed by atoms with Crippen molar-refractivity contribution in [3.63, 3.8) is 0 Å². The first kappa shape index (κ1) is 17.4. The van der Waals surface area contributed by atoms with Crippen LogP contribution in [0.4, 0.5) is 5.69 Å². The molecule has 2 aromatic rings. The number of nitrogens with one attached hydrogen (secondary N) is 1. The monoisotopic (exact) mass is 368 g/mol. The third-order valence-electron chi connectivity index (χ3n) is 3.61. The summed E-state index contributed by atoms with van der Waals surface area (Å²) in [5.41, 5.74) is 2.77. The maximum absolute atomic E-state index is 12.5. The molecule has 6 heteroatoms. The van der Waals surface area contributed by atoms with Crippen LogP contribution in [0.3, 0.4) is 0 Å².